The molecule has 0 aromatic rings. The van der Waals surface area contributed by atoms with Gasteiger partial charge in [-0.2, -0.15) is 0 Å². The average molecular weight is 541 g/mol. The molecule has 5 aliphatic rings. The Bertz CT molecular complexity index is 810. The summed E-state index contributed by atoms with van der Waals surface area (Å²) in [6.07, 6.45) is 8.45. The third-order valence-electron chi connectivity index (χ3n) is 10.6. The van der Waals surface area contributed by atoms with Gasteiger partial charge in [-0.05, 0) is 107 Å². The van der Waals surface area contributed by atoms with Gasteiger partial charge in [0, 0.05) is 26.1 Å². The number of rotatable bonds is 11. The van der Waals surface area contributed by atoms with Crippen LogP contribution in [-0.2, 0) is 14.2 Å². The highest BCUT2D eigenvalue weighted by Gasteiger charge is 2.70. The van der Waals surface area contributed by atoms with E-state index in [2.05, 4.69) is 20.8 Å². The molecule has 0 bridgehead atoms. The summed E-state index contributed by atoms with van der Waals surface area (Å²) in [4.78, 5) is 16.8. The van der Waals surface area contributed by atoms with Gasteiger partial charge in [-0.25, -0.2) is 13.6 Å². The van der Waals surface area contributed by atoms with E-state index >= 15 is 0 Å². The number of hydrogen-bond acceptors (Lipinski definition) is 5. The van der Waals surface area contributed by atoms with E-state index in [4.69, 9.17) is 14.2 Å². The van der Waals surface area contributed by atoms with Crippen molar-refractivity contribution >= 4 is 6.09 Å². The lowest BCUT2D eigenvalue weighted by atomic mass is 9.66. The molecule has 3 heterocycles. The molecule has 0 N–H and O–H groups in total. The van der Waals surface area contributed by atoms with Crippen LogP contribution in [0.4, 0.5) is 13.6 Å². The summed E-state index contributed by atoms with van der Waals surface area (Å²) in [6.45, 7) is 9.79. The number of likely N-dealkylation sites (tertiary alicyclic amines) is 2. The van der Waals surface area contributed by atoms with Crippen LogP contribution < -0.4 is 0 Å². The number of alkyl halides is 2. The smallest absolute Gasteiger partial charge is 0.410 e. The molecule has 5 atom stereocenters. The van der Waals surface area contributed by atoms with Crippen molar-refractivity contribution in [3.05, 3.63) is 0 Å². The normalized spacial score (nSPS) is 35.6. The number of methoxy groups -OCH3 is 1. The Kier molecular flexibility index (Phi) is 8.62. The lowest BCUT2D eigenvalue weighted by Crippen LogP contribution is -2.55. The summed E-state index contributed by atoms with van der Waals surface area (Å²) < 4.78 is 43.8. The average Bonchev–Trinajstić information content (AvgIpc) is 3.75. The fourth-order valence-electron chi connectivity index (χ4n) is 7.99. The predicted octanol–water partition coefficient (Wildman–Crippen LogP) is 5.98. The van der Waals surface area contributed by atoms with Crippen LogP contribution in [0.2, 0.25) is 0 Å². The summed E-state index contributed by atoms with van der Waals surface area (Å²) in [7, 11) is 1.77. The predicted molar refractivity (Wildman–Crippen MR) is 142 cm³/mol. The Labute approximate surface area is 228 Å². The van der Waals surface area contributed by atoms with Gasteiger partial charge in [-0.15, -0.1) is 0 Å². The van der Waals surface area contributed by atoms with Crippen molar-refractivity contribution in [2.75, 3.05) is 39.8 Å². The monoisotopic (exact) mass is 540 g/mol. The van der Waals surface area contributed by atoms with Crippen LogP contribution in [0.5, 0.6) is 0 Å². The van der Waals surface area contributed by atoms with Gasteiger partial charge in [-0.1, -0.05) is 13.8 Å². The second-order valence-corrected chi connectivity index (χ2v) is 13.7. The Morgan fingerprint density at radius 1 is 1.03 bits per heavy atom. The Balaban J connectivity index is 1.07. The van der Waals surface area contributed by atoms with Gasteiger partial charge < -0.3 is 19.1 Å². The van der Waals surface area contributed by atoms with Gasteiger partial charge in [-0.3, -0.25) is 4.90 Å². The lowest BCUT2D eigenvalue weighted by molar-refractivity contribution is -0.125. The number of carbonyl (C=O) groups is 1. The molecular formula is C30H50F2N2O4. The molecule has 5 fully saturated rings. The van der Waals surface area contributed by atoms with Crippen LogP contribution in [-0.4, -0.2) is 86.1 Å². The third kappa shape index (κ3) is 6.17. The van der Waals surface area contributed by atoms with Gasteiger partial charge in [0.15, 0.2) is 0 Å². The van der Waals surface area contributed by atoms with Crippen molar-refractivity contribution in [2.24, 2.45) is 29.1 Å². The number of epoxide rings is 1. The Morgan fingerprint density at radius 2 is 1.71 bits per heavy atom. The summed E-state index contributed by atoms with van der Waals surface area (Å²) in [5.41, 5.74) is 0.122. The van der Waals surface area contributed by atoms with Gasteiger partial charge >= 0.3 is 6.09 Å². The van der Waals surface area contributed by atoms with Crippen molar-refractivity contribution in [3.63, 3.8) is 0 Å². The zero-order chi connectivity index (χ0) is 27.1. The number of halogens is 2. The fourth-order valence-corrected chi connectivity index (χ4v) is 7.99. The minimum Gasteiger partial charge on any atom is -0.443 e. The molecule has 0 aromatic heterocycles. The number of carbonyl (C=O) groups excluding carboxylic acids is 1. The van der Waals surface area contributed by atoms with Crippen molar-refractivity contribution in [3.8, 4) is 0 Å². The number of piperidine rings is 1. The van der Waals surface area contributed by atoms with E-state index in [1.54, 1.807) is 7.11 Å². The molecule has 2 saturated carbocycles. The minimum absolute atomic E-state index is 0.0932. The summed E-state index contributed by atoms with van der Waals surface area (Å²) >= 11 is 0. The number of hydrogen-bond donors (Lipinski definition) is 0. The maximum absolute atomic E-state index is 13.1. The van der Waals surface area contributed by atoms with Crippen LogP contribution in [0, 0.1) is 29.1 Å². The molecule has 0 radical (unpaired) electrons. The number of ether oxygens (including phenoxy) is 3. The van der Waals surface area contributed by atoms with Crippen LogP contribution >= 0.6 is 0 Å². The molecule has 0 aromatic carbocycles. The van der Waals surface area contributed by atoms with E-state index in [1.165, 1.54) is 19.3 Å². The number of amides is 1. The second kappa shape index (κ2) is 11.5. The molecule has 8 heteroatoms. The first-order valence-corrected chi connectivity index (χ1v) is 15.3. The Morgan fingerprint density at radius 3 is 2.32 bits per heavy atom. The largest absolute Gasteiger partial charge is 0.443 e. The molecule has 5 rings (SSSR count). The van der Waals surface area contributed by atoms with Crippen molar-refractivity contribution in [1.82, 2.24) is 9.80 Å². The first-order valence-electron chi connectivity index (χ1n) is 15.3. The molecule has 6 nitrogen and oxygen atoms in total. The highest BCUT2D eigenvalue weighted by atomic mass is 19.3. The maximum Gasteiger partial charge on any atom is 0.410 e. The molecular weight excluding hydrogens is 490 g/mol. The quantitative estimate of drug-likeness (QED) is 0.302. The maximum atomic E-state index is 13.1. The van der Waals surface area contributed by atoms with Gasteiger partial charge in [0.2, 0.25) is 0 Å². The molecule has 218 valence electrons. The molecule has 3 saturated heterocycles. The summed E-state index contributed by atoms with van der Waals surface area (Å²) in [5.74, 6) is 2.09. The molecule has 3 aliphatic heterocycles. The first-order chi connectivity index (χ1) is 18.1. The first kappa shape index (κ1) is 28.5. The highest BCUT2D eigenvalue weighted by molar-refractivity contribution is 5.69. The van der Waals surface area contributed by atoms with Gasteiger partial charge in [0.1, 0.15) is 12.2 Å². The van der Waals surface area contributed by atoms with Crippen LogP contribution in [0.1, 0.15) is 85.0 Å². The molecule has 0 unspecified atom stereocenters. The summed E-state index contributed by atoms with van der Waals surface area (Å²) in [6, 6.07) is 0. The second-order valence-electron chi connectivity index (χ2n) is 13.7. The van der Waals surface area contributed by atoms with E-state index in [-0.39, 0.29) is 42.5 Å². The minimum atomic E-state index is -2.24. The summed E-state index contributed by atoms with van der Waals surface area (Å²) in [5, 5.41) is 0. The van der Waals surface area contributed by atoms with Crippen molar-refractivity contribution in [2.45, 2.75) is 115 Å². The third-order valence-corrected chi connectivity index (χ3v) is 10.6. The van der Waals surface area contributed by atoms with Crippen LogP contribution in [0.25, 0.3) is 0 Å². The fraction of sp³-hybridized carbons (Fsp3) is 0.967. The van der Waals surface area contributed by atoms with E-state index in [1.807, 2.05) is 9.80 Å². The Hall–Kier alpha value is -0.990. The number of nitrogens with zero attached hydrogens (tertiary/aromatic N) is 2. The van der Waals surface area contributed by atoms with E-state index in [0.29, 0.717) is 23.2 Å². The molecule has 1 spiro atoms. The van der Waals surface area contributed by atoms with E-state index in [0.717, 1.165) is 71.1 Å². The zero-order valence-electron chi connectivity index (χ0n) is 24.0. The van der Waals surface area contributed by atoms with Crippen LogP contribution in [0.3, 0.4) is 0 Å². The van der Waals surface area contributed by atoms with Gasteiger partial charge in [0.05, 0.1) is 18.2 Å². The molecule has 1 amide bonds. The zero-order valence-corrected chi connectivity index (χ0v) is 24.0. The SMILES string of the molecule is CO[C@@H]1[C@H](OC(=O)N2CC(CCC3CCN(CC(F)F)CC3)C2)CCC2(CC2)[C@H]1[C@@]1(C)O[C@@H]1CCC(C)C. The molecule has 2 aliphatic carbocycles. The molecule has 38 heavy (non-hydrogen) atoms. The standard InChI is InChI=1S/C30H50F2N2O4/c1-20(2)5-8-24-29(3,38-24)27-26(36-4)23(9-12-30(27)13-14-30)37-28(35)34-17-22(18-34)7-6-21-10-15-33(16-11-21)19-25(31)32/h20-27H,5-19H2,1-4H3/t23-,24-,26-,27-,29+/m1/s1. The highest BCUT2D eigenvalue weighted by Crippen LogP contribution is 2.67. The lowest BCUT2D eigenvalue weighted by Gasteiger charge is -2.46. The van der Waals surface area contributed by atoms with Crippen LogP contribution in [0.15, 0.2) is 0 Å². The topological polar surface area (TPSA) is 54.5 Å². The van der Waals surface area contributed by atoms with E-state index in [9.17, 15) is 13.6 Å². The van der Waals surface area contributed by atoms with Gasteiger partial charge in [0.25, 0.3) is 6.43 Å². The van der Waals surface area contributed by atoms with Crippen molar-refractivity contribution < 1.29 is 27.8 Å². The van der Waals surface area contributed by atoms with Crippen molar-refractivity contribution in [1.29, 1.82) is 0 Å². The van der Waals surface area contributed by atoms with E-state index < -0.39 is 6.43 Å².